The van der Waals surface area contributed by atoms with E-state index >= 15 is 0 Å². The highest BCUT2D eigenvalue weighted by Crippen LogP contribution is 2.48. The molecule has 0 saturated heterocycles. The summed E-state index contributed by atoms with van der Waals surface area (Å²) in [6.45, 7) is 0. The van der Waals surface area contributed by atoms with E-state index in [4.69, 9.17) is 4.74 Å². The predicted octanol–water partition coefficient (Wildman–Crippen LogP) is 7.89. The summed E-state index contributed by atoms with van der Waals surface area (Å²) in [5.41, 5.74) is 3.64. The topological polar surface area (TPSA) is 14.2 Å². The maximum absolute atomic E-state index is 5.89. The summed E-state index contributed by atoms with van der Waals surface area (Å²) in [6, 6.07) is 24.4. The molecule has 0 aliphatic heterocycles. The summed E-state index contributed by atoms with van der Waals surface area (Å²) in [5.74, 6) is 0.921. The zero-order valence-corrected chi connectivity index (χ0v) is 17.4. The number of benzene rings is 5. The van der Waals surface area contributed by atoms with Gasteiger partial charge in [-0.1, -0.05) is 60.7 Å². The second kappa shape index (κ2) is 6.12. The van der Waals surface area contributed by atoms with Crippen LogP contribution in [-0.4, -0.2) is 11.7 Å². The van der Waals surface area contributed by atoms with E-state index in [9.17, 15) is 0 Å². The second-order valence-corrected chi connectivity index (χ2v) is 8.39. The highest BCUT2D eigenvalue weighted by molar-refractivity contribution is 6.38. The summed E-state index contributed by atoms with van der Waals surface area (Å²) in [4.78, 5) is 0. The number of hydrogen-bond acceptors (Lipinski definition) is 1. The number of rotatable bonds is 2. The molecule has 5 aromatic carbocycles. The first-order chi connectivity index (χ1) is 15.4. The van der Waals surface area contributed by atoms with Crippen molar-refractivity contribution in [3.63, 3.8) is 0 Å². The normalized spacial score (nSPS) is 14.4. The minimum absolute atomic E-state index is 0.921. The first-order valence-corrected chi connectivity index (χ1v) is 10.9. The second-order valence-electron chi connectivity index (χ2n) is 8.39. The molecule has 0 saturated carbocycles. The monoisotopic (exact) mass is 399 g/mol. The van der Waals surface area contributed by atoms with Gasteiger partial charge in [-0.15, -0.1) is 0 Å². The van der Waals surface area contributed by atoms with E-state index in [1.54, 1.807) is 7.11 Å². The lowest BCUT2D eigenvalue weighted by Crippen LogP contribution is -1.98. The van der Waals surface area contributed by atoms with E-state index < -0.39 is 0 Å². The lowest BCUT2D eigenvalue weighted by Gasteiger charge is -2.14. The number of aromatic nitrogens is 1. The highest BCUT2D eigenvalue weighted by atomic mass is 16.5. The van der Waals surface area contributed by atoms with Crippen LogP contribution in [0.5, 0.6) is 5.75 Å². The van der Waals surface area contributed by atoms with Gasteiger partial charge in [0.1, 0.15) is 5.75 Å². The van der Waals surface area contributed by atoms with Gasteiger partial charge in [0.25, 0.3) is 0 Å². The molecule has 0 spiro atoms. The van der Waals surface area contributed by atoms with E-state index in [0.29, 0.717) is 0 Å². The van der Waals surface area contributed by atoms with Crippen molar-refractivity contribution >= 4 is 59.8 Å². The molecule has 1 aliphatic rings. The molecule has 148 valence electrons. The Hall–Kier alpha value is -3.78. The van der Waals surface area contributed by atoms with Crippen molar-refractivity contribution in [3.8, 4) is 5.75 Å². The molecule has 0 radical (unpaired) electrons. The molecule has 0 atom stereocenters. The molecular weight excluding hydrogens is 378 g/mol. The standard InChI is InChI=1S/C29H21NO/c1-31-25-17-16-22-21-15-14-18-8-5-6-11-20(18)26(21)23-12-7-13-24-27(23)28(22)29(25)30(24)19-9-3-2-4-10-19/h3,5-17H,2,4H2,1H3. The molecule has 31 heavy (non-hydrogen) atoms. The third-order valence-electron chi connectivity index (χ3n) is 6.84. The quantitative estimate of drug-likeness (QED) is 0.270. The van der Waals surface area contributed by atoms with Crippen molar-refractivity contribution in [3.05, 3.63) is 85.0 Å². The molecule has 1 aliphatic carbocycles. The lowest BCUT2D eigenvalue weighted by molar-refractivity contribution is 0.418. The van der Waals surface area contributed by atoms with Crippen LogP contribution in [0.15, 0.2) is 85.0 Å². The molecule has 0 amide bonds. The third-order valence-corrected chi connectivity index (χ3v) is 6.84. The fourth-order valence-corrected chi connectivity index (χ4v) is 5.57. The van der Waals surface area contributed by atoms with Crippen LogP contribution in [0, 0.1) is 0 Å². The smallest absolute Gasteiger partial charge is 0.143 e. The van der Waals surface area contributed by atoms with Gasteiger partial charge in [0, 0.05) is 16.5 Å². The Labute approximate surface area is 180 Å². The number of methoxy groups -OCH3 is 1. The van der Waals surface area contributed by atoms with Crippen molar-refractivity contribution < 1.29 is 4.74 Å². The number of ether oxygens (including phenoxy) is 1. The fraction of sp³-hybridized carbons (Fsp3) is 0.103. The Kier molecular flexibility index (Phi) is 3.35. The van der Waals surface area contributed by atoms with Gasteiger partial charge in [-0.05, 0) is 69.4 Å². The van der Waals surface area contributed by atoms with Crippen LogP contribution in [0.3, 0.4) is 0 Å². The lowest BCUT2D eigenvalue weighted by atomic mass is 9.91. The SMILES string of the molecule is COc1ccc2c3ccc4ccccc4c3c3cccc4c3c2c1n4C1=CCCC=C1. The highest BCUT2D eigenvalue weighted by Gasteiger charge is 2.23. The van der Waals surface area contributed by atoms with Crippen molar-refractivity contribution in [1.82, 2.24) is 4.57 Å². The van der Waals surface area contributed by atoms with Crippen LogP contribution in [0.2, 0.25) is 0 Å². The van der Waals surface area contributed by atoms with E-state index in [0.717, 1.165) is 18.6 Å². The molecule has 1 heterocycles. The third kappa shape index (κ3) is 2.12. The van der Waals surface area contributed by atoms with Crippen LogP contribution in [0.1, 0.15) is 12.8 Å². The van der Waals surface area contributed by atoms with Crippen LogP contribution < -0.4 is 4.74 Å². The minimum atomic E-state index is 0.921. The molecule has 6 aromatic rings. The number of hydrogen-bond donors (Lipinski definition) is 0. The molecule has 7 rings (SSSR count). The van der Waals surface area contributed by atoms with E-state index in [1.807, 2.05) is 0 Å². The van der Waals surface area contributed by atoms with Crippen LogP contribution in [-0.2, 0) is 0 Å². The molecule has 2 nitrogen and oxygen atoms in total. The van der Waals surface area contributed by atoms with Gasteiger partial charge in [0.05, 0.1) is 18.1 Å². The van der Waals surface area contributed by atoms with Crippen LogP contribution >= 0.6 is 0 Å². The summed E-state index contributed by atoms with van der Waals surface area (Å²) in [6.07, 6.45) is 9.04. The molecule has 0 bridgehead atoms. The Morgan fingerprint density at radius 3 is 2.42 bits per heavy atom. The first-order valence-electron chi connectivity index (χ1n) is 10.9. The van der Waals surface area contributed by atoms with Crippen molar-refractivity contribution in [2.24, 2.45) is 0 Å². The predicted molar refractivity (Wildman–Crippen MR) is 132 cm³/mol. The first kappa shape index (κ1) is 17.0. The molecule has 0 unspecified atom stereocenters. The Morgan fingerprint density at radius 1 is 0.710 bits per heavy atom. The maximum Gasteiger partial charge on any atom is 0.143 e. The van der Waals surface area contributed by atoms with Gasteiger partial charge in [-0.3, -0.25) is 0 Å². The van der Waals surface area contributed by atoms with Gasteiger partial charge in [0.15, 0.2) is 0 Å². The number of allylic oxidation sites excluding steroid dienone is 4. The molecule has 1 aromatic heterocycles. The Morgan fingerprint density at radius 2 is 1.55 bits per heavy atom. The maximum atomic E-state index is 5.89. The average molecular weight is 399 g/mol. The van der Waals surface area contributed by atoms with Crippen LogP contribution in [0.25, 0.3) is 59.8 Å². The van der Waals surface area contributed by atoms with Gasteiger partial charge >= 0.3 is 0 Å². The van der Waals surface area contributed by atoms with Gasteiger partial charge < -0.3 is 9.30 Å². The molecule has 2 heteroatoms. The number of nitrogens with zero attached hydrogens (tertiary/aromatic N) is 1. The minimum Gasteiger partial charge on any atom is -0.495 e. The van der Waals surface area contributed by atoms with Crippen LogP contribution in [0.4, 0.5) is 0 Å². The zero-order chi connectivity index (χ0) is 20.5. The van der Waals surface area contributed by atoms with Gasteiger partial charge in [-0.25, -0.2) is 0 Å². The van der Waals surface area contributed by atoms with Gasteiger partial charge in [-0.2, -0.15) is 0 Å². The summed E-state index contributed by atoms with van der Waals surface area (Å²) in [5, 5.41) is 10.5. The molecular formula is C29H21NO. The summed E-state index contributed by atoms with van der Waals surface area (Å²) >= 11 is 0. The van der Waals surface area contributed by atoms with E-state index in [-0.39, 0.29) is 0 Å². The van der Waals surface area contributed by atoms with Crippen molar-refractivity contribution in [1.29, 1.82) is 0 Å². The fourth-order valence-electron chi connectivity index (χ4n) is 5.57. The zero-order valence-electron chi connectivity index (χ0n) is 17.4. The van der Waals surface area contributed by atoms with Crippen molar-refractivity contribution in [2.45, 2.75) is 12.8 Å². The van der Waals surface area contributed by atoms with Crippen molar-refractivity contribution in [2.75, 3.05) is 7.11 Å². The summed E-state index contributed by atoms with van der Waals surface area (Å²) < 4.78 is 8.30. The Bertz CT molecular complexity index is 1710. The summed E-state index contributed by atoms with van der Waals surface area (Å²) in [7, 11) is 1.77. The van der Waals surface area contributed by atoms with E-state index in [1.165, 1.54) is 59.8 Å². The average Bonchev–Trinajstić information content (AvgIpc) is 3.19. The molecule has 0 N–H and O–H groups in total. The Balaban J connectivity index is 1.83. The molecule has 0 fully saturated rings. The van der Waals surface area contributed by atoms with E-state index in [2.05, 4.69) is 89.5 Å². The largest absolute Gasteiger partial charge is 0.495 e. The van der Waals surface area contributed by atoms with Gasteiger partial charge in [0.2, 0.25) is 0 Å². The number of fused-ring (bicyclic) bond motifs is 5.